The Morgan fingerprint density at radius 3 is 2.88 bits per heavy atom. The van der Waals surface area contributed by atoms with Crippen LogP contribution in [0.3, 0.4) is 0 Å². The van der Waals surface area contributed by atoms with Gasteiger partial charge in [0.1, 0.15) is 0 Å². The van der Waals surface area contributed by atoms with Crippen LogP contribution in [0.25, 0.3) is 0 Å². The van der Waals surface area contributed by atoms with Gasteiger partial charge >= 0.3 is 0 Å². The monoisotopic (exact) mass is 218 g/mol. The molecular weight excluding hydrogens is 200 g/mol. The fourth-order valence-electron chi connectivity index (χ4n) is 2.21. The number of benzene rings is 1. The van der Waals surface area contributed by atoms with Crippen LogP contribution in [0.4, 0.5) is 0 Å². The van der Waals surface area contributed by atoms with Crippen molar-refractivity contribution in [1.29, 1.82) is 0 Å². The number of aliphatic hydroxyl groups is 1. The van der Waals surface area contributed by atoms with Crippen LogP contribution in [-0.2, 0) is 0 Å². The van der Waals surface area contributed by atoms with Gasteiger partial charge in [-0.2, -0.15) is 0 Å². The smallest absolute Gasteiger partial charge is 0.0856 e. The molecule has 0 amide bonds. The summed E-state index contributed by atoms with van der Waals surface area (Å²) in [4.78, 5) is 6.46. The van der Waals surface area contributed by atoms with Crippen molar-refractivity contribution in [3.05, 3.63) is 35.4 Å². The summed E-state index contributed by atoms with van der Waals surface area (Å²) in [6.45, 7) is 4.16. The normalized spacial score (nSPS) is 16.8. The summed E-state index contributed by atoms with van der Waals surface area (Å²) in [5.74, 6) is 0. The average Bonchev–Trinajstić information content (AvgIpc) is 2.80. The first-order valence-electron chi connectivity index (χ1n) is 5.75. The van der Waals surface area contributed by atoms with E-state index in [2.05, 4.69) is 35.0 Å². The second-order valence-electron chi connectivity index (χ2n) is 4.14. The fraction of sp³-hybridized carbons (Fsp3) is 0.462. The van der Waals surface area contributed by atoms with Gasteiger partial charge in [-0.05, 0) is 24.5 Å². The molecule has 2 rings (SSSR count). The molecule has 0 radical (unpaired) electrons. The van der Waals surface area contributed by atoms with Crippen molar-refractivity contribution >= 4 is 6.34 Å². The molecule has 0 aromatic heterocycles. The van der Waals surface area contributed by atoms with E-state index in [0.717, 1.165) is 19.5 Å². The zero-order valence-corrected chi connectivity index (χ0v) is 9.63. The third-order valence-electron chi connectivity index (χ3n) is 3.07. The van der Waals surface area contributed by atoms with Gasteiger partial charge < -0.3 is 10.0 Å². The van der Waals surface area contributed by atoms with E-state index >= 15 is 0 Å². The standard InChI is InChI=1S/C13H18N2O/c1-11-4-2-3-5-12(11)13(6-9-16)15-8-7-14-10-15/h2-5,10,13,16H,6-9H2,1H3. The molecule has 3 nitrogen and oxygen atoms in total. The molecule has 0 spiro atoms. The first-order valence-corrected chi connectivity index (χ1v) is 5.75. The van der Waals surface area contributed by atoms with Crippen molar-refractivity contribution in [3.8, 4) is 0 Å². The van der Waals surface area contributed by atoms with Crippen molar-refractivity contribution in [2.24, 2.45) is 4.99 Å². The Balaban J connectivity index is 2.24. The Bertz CT molecular complexity index is 376. The van der Waals surface area contributed by atoms with E-state index in [4.69, 9.17) is 0 Å². The van der Waals surface area contributed by atoms with Crippen molar-refractivity contribution in [2.45, 2.75) is 19.4 Å². The second-order valence-corrected chi connectivity index (χ2v) is 4.14. The summed E-state index contributed by atoms with van der Waals surface area (Å²) in [5.41, 5.74) is 2.58. The topological polar surface area (TPSA) is 35.8 Å². The van der Waals surface area contributed by atoms with Gasteiger partial charge in [-0.15, -0.1) is 0 Å². The lowest BCUT2D eigenvalue weighted by Gasteiger charge is -2.28. The van der Waals surface area contributed by atoms with E-state index in [1.54, 1.807) is 0 Å². The first-order chi connectivity index (χ1) is 7.83. The summed E-state index contributed by atoms with van der Waals surface area (Å²) in [7, 11) is 0. The minimum Gasteiger partial charge on any atom is -0.396 e. The number of hydrogen-bond acceptors (Lipinski definition) is 3. The maximum absolute atomic E-state index is 9.18. The highest BCUT2D eigenvalue weighted by Crippen LogP contribution is 2.26. The van der Waals surface area contributed by atoms with E-state index < -0.39 is 0 Å². The zero-order chi connectivity index (χ0) is 11.4. The molecule has 86 valence electrons. The average molecular weight is 218 g/mol. The lowest BCUT2D eigenvalue weighted by atomic mass is 9.98. The predicted molar refractivity (Wildman–Crippen MR) is 65.7 cm³/mol. The number of aliphatic hydroxyl groups excluding tert-OH is 1. The molecule has 1 unspecified atom stereocenters. The summed E-state index contributed by atoms with van der Waals surface area (Å²) < 4.78 is 0. The number of aryl methyl sites for hydroxylation is 1. The molecule has 16 heavy (non-hydrogen) atoms. The number of hydrogen-bond donors (Lipinski definition) is 1. The van der Waals surface area contributed by atoms with Crippen LogP contribution in [0, 0.1) is 6.92 Å². The van der Waals surface area contributed by atoms with Gasteiger partial charge in [0.15, 0.2) is 0 Å². The van der Waals surface area contributed by atoms with Crippen LogP contribution in [0.1, 0.15) is 23.6 Å². The highest BCUT2D eigenvalue weighted by molar-refractivity contribution is 5.58. The maximum atomic E-state index is 9.18. The molecule has 0 saturated heterocycles. The molecule has 1 aliphatic rings. The summed E-state index contributed by atoms with van der Waals surface area (Å²) in [5, 5.41) is 9.18. The van der Waals surface area contributed by atoms with Gasteiger partial charge in [-0.25, -0.2) is 0 Å². The number of aliphatic imine (C=N–C) groups is 1. The van der Waals surface area contributed by atoms with Crippen LogP contribution < -0.4 is 0 Å². The molecule has 1 heterocycles. The van der Waals surface area contributed by atoms with E-state index in [0.29, 0.717) is 0 Å². The second kappa shape index (κ2) is 5.12. The summed E-state index contributed by atoms with van der Waals surface area (Å²) in [6.07, 6.45) is 2.67. The highest BCUT2D eigenvalue weighted by Gasteiger charge is 2.20. The quantitative estimate of drug-likeness (QED) is 0.836. The van der Waals surface area contributed by atoms with Crippen molar-refractivity contribution in [3.63, 3.8) is 0 Å². The molecule has 1 N–H and O–H groups in total. The fourth-order valence-corrected chi connectivity index (χ4v) is 2.21. The van der Waals surface area contributed by atoms with Gasteiger partial charge in [-0.3, -0.25) is 4.99 Å². The number of nitrogens with zero attached hydrogens (tertiary/aromatic N) is 2. The third-order valence-corrected chi connectivity index (χ3v) is 3.07. The zero-order valence-electron chi connectivity index (χ0n) is 9.63. The molecule has 0 bridgehead atoms. The van der Waals surface area contributed by atoms with Crippen LogP contribution in [-0.4, -0.2) is 36.0 Å². The molecule has 0 aliphatic carbocycles. The maximum Gasteiger partial charge on any atom is 0.0856 e. The van der Waals surface area contributed by atoms with E-state index in [-0.39, 0.29) is 12.6 Å². The third kappa shape index (κ3) is 2.25. The Hall–Kier alpha value is -1.35. The minimum absolute atomic E-state index is 0.212. The summed E-state index contributed by atoms with van der Waals surface area (Å²) >= 11 is 0. The Morgan fingerprint density at radius 1 is 1.44 bits per heavy atom. The first kappa shape index (κ1) is 11.1. The van der Waals surface area contributed by atoms with Crippen molar-refractivity contribution < 1.29 is 5.11 Å². The van der Waals surface area contributed by atoms with Gasteiger partial charge in [0.05, 0.1) is 18.9 Å². The van der Waals surface area contributed by atoms with Crippen molar-refractivity contribution in [2.75, 3.05) is 19.7 Å². The van der Waals surface area contributed by atoms with Gasteiger partial charge in [0, 0.05) is 13.2 Å². The molecule has 1 aromatic carbocycles. The lowest BCUT2D eigenvalue weighted by molar-refractivity contribution is 0.230. The minimum atomic E-state index is 0.212. The van der Waals surface area contributed by atoms with Gasteiger partial charge in [-0.1, -0.05) is 24.3 Å². The Labute approximate surface area is 96.4 Å². The Morgan fingerprint density at radius 2 is 2.25 bits per heavy atom. The highest BCUT2D eigenvalue weighted by atomic mass is 16.3. The van der Waals surface area contributed by atoms with Crippen molar-refractivity contribution in [1.82, 2.24) is 4.90 Å². The molecular formula is C13H18N2O. The van der Waals surface area contributed by atoms with E-state index in [1.165, 1.54) is 11.1 Å². The van der Waals surface area contributed by atoms with Crippen LogP contribution in [0.5, 0.6) is 0 Å². The molecule has 1 aromatic rings. The molecule has 1 atom stereocenters. The van der Waals surface area contributed by atoms with Crippen LogP contribution >= 0.6 is 0 Å². The molecule has 3 heteroatoms. The van der Waals surface area contributed by atoms with Gasteiger partial charge in [0.25, 0.3) is 0 Å². The number of rotatable bonds is 4. The van der Waals surface area contributed by atoms with E-state index in [1.807, 2.05) is 12.4 Å². The van der Waals surface area contributed by atoms with Crippen LogP contribution in [0.2, 0.25) is 0 Å². The SMILES string of the molecule is Cc1ccccc1C(CCO)N1C=NCC1. The van der Waals surface area contributed by atoms with E-state index in [9.17, 15) is 5.11 Å². The predicted octanol–water partition coefficient (Wildman–Crippen LogP) is 1.76. The summed E-state index contributed by atoms with van der Waals surface area (Å²) in [6, 6.07) is 8.62. The largest absolute Gasteiger partial charge is 0.396 e. The molecule has 0 fully saturated rings. The molecule has 1 aliphatic heterocycles. The van der Waals surface area contributed by atoms with Gasteiger partial charge in [0.2, 0.25) is 0 Å². The van der Waals surface area contributed by atoms with Crippen LogP contribution in [0.15, 0.2) is 29.3 Å². The molecule has 0 saturated carbocycles. The Kier molecular flexibility index (Phi) is 3.57. The lowest BCUT2D eigenvalue weighted by Crippen LogP contribution is -2.27.